The zero-order valence-electron chi connectivity index (χ0n) is 12.6. The summed E-state index contributed by atoms with van der Waals surface area (Å²) in [5.41, 5.74) is 1.12. The van der Waals surface area contributed by atoms with E-state index in [4.69, 9.17) is 23.8 Å². The van der Waals surface area contributed by atoms with Crippen molar-refractivity contribution in [1.82, 2.24) is 5.32 Å². The fraction of sp³-hybridized carbons (Fsp3) is 0.0625. The SMILES string of the molecule is C=CCNC(=S)Nc1ccc(S(=O)(=O)Nc2ccc(Cl)cc2)cc1. The zero-order valence-corrected chi connectivity index (χ0v) is 15.0. The van der Waals surface area contributed by atoms with Crippen molar-refractivity contribution in [3.8, 4) is 0 Å². The highest BCUT2D eigenvalue weighted by Gasteiger charge is 2.14. The van der Waals surface area contributed by atoms with Crippen LogP contribution in [0.25, 0.3) is 0 Å². The van der Waals surface area contributed by atoms with Gasteiger partial charge < -0.3 is 10.6 Å². The van der Waals surface area contributed by atoms with E-state index in [1.54, 1.807) is 42.5 Å². The Balaban J connectivity index is 2.07. The van der Waals surface area contributed by atoms with E-state index in [-0.39, 0.29) is 4.90 Å². The first-order valence-corrected chi connectivity index (χ1v) is 9.22. The van der Waals surface area contributed by atoms with Gasteiger partial charge in [0.25, 0.3) is 10.0 Å². The molecule has 0 bridgehead atoms. The third-order valence-corrected chi connectivity index (χ3v) is 4.82. The first kappa shape index (κ1) is 18.3. The summed E-state index contributed by atoms with van der Waals surface area (Å²) in [5, 5.41) is 6.85. The Bertz CT molecular complexity index is 819. The molecule has 0 aliphatic carbocycles. The smallest absolute Gasteiger partial charge is 0.261 e. The quantitative estimate of drug-likeness (QED) is 0.526. The third-order valence-electron chi connectivity index (χ3n) is 2.93. The molecule has 2 rings (SSSR count). The summed E-state index contributed by atoms with van der Waals surface area (Å²) in [5.74, 6) is 0. The number of hydrogen-bond acceptors (Lipinski definition) is 3. The average Bonchev–Trinajstić information content (AvgIpc) is 2.55. The number of sulfonamides is 1. The maximum absolute atomic E-state index is 12.3. The van der Waals surface area contributed by atoms with Gasteiger partial charge in [0.15, 0.2) is 5.11 Å². The van der Waals surface area contributed by atoms with Crippen molar-refractivity contribution in [3.63, 3.8) is 0 Å². The topological polar surface area (TPSA) is 70.2 Å². The second-order valence-corrected chi connectivity index (χ2v) is 7.29. The second-order valence-electron chi connectivity index (χ2n) is 4.76. The predicted octanol–water partition coefficient (Wildman–Crippen LogP) is 3.61. The molecule has 0 saturated heterocycles. The molecule has 0 spiro atoms. The molecule has 0 saturated carbocycles. The number of nitrogens with one attached hydrogen (secondary N) is 3. The molecule has 8 heteroatoms. The van der Waals surface area contributed by atoms with Crippen LogP contribution in [0.3, 0.4) is 0 Å². The summed E-state index contributed by atoms with van der Waals surface area (Å²) >= 11 is 10.9. The van der Waals surface area contributed by atoms with Crippen LogP contribution in [0.1, 0.15) is 0 Å². The van der Waals surface area contributed by atoms with Crippen molar-refractivity contribution < 1.29 is 8.42 Å². The fourth-order valence-corrected chi connectivity index (χ4v) is 3.18. The van der Waals surface area contributed by atoms with Crippen molar-refractivity contribution in [2.75, 3.05) is 16.6 Å². The minimum Gasteiger partial charge on any atom is -0.359 e. The molecule has 2 aromatic carbocycles. The van der Waals surface area contributed by atoms with Crippen LogP contribution in [-0.2, 0) is 10.0 Å². The molecule has 0 heterocycles. The van der Waals surface area contributed by atoms with Crippen LogP contribution in [0, 0.1) is 0 Å². The van der Waals surface area contributed by atoms with Crippen molar-refractivity contribution >= 4 is 50.3 Å². The molecule has 0 fully saturated rings. The van der Waals surface area contributed by atoms with Crippen LogP contribution in [0.15, 0.2) is 66.1 Å². The Labute approximate surface area is 151 Å². The summed E-state index contributed by atoms with van der Waals surface area (Å²) in [4.78, 5) is 0.146. The van der Waals surface area contributed by atoms with E-state index in [0.717, 1.165) is 0 Å². The van der Waals surface area contributed by atoms with E-state index in [2.05, 4.69) is 21.9 Å². The van der Waals surface area contributed by atoms with Gasteiger partial charge in [-0.3, -0.25) is 4.72 Å². The number of benzene rings is 2. The summed E-state index contributed by atoms with van der Waals surface area (Å²) in [6, 6.07) is 12.7. The molecule has 0 aromatic heterocycles. The van der Waals surface area contributed by atoms with Crippen molar-refractivity contribution in [2.45, 2.75) is 4.90 Å². The van der Waals surface area contributed by atoms with Gasteiger partial charge in [-0.2, -0.15) is 0 Å². The molecule has 0 radical (unpaired) electrons. The van der Waals surface area contributed by atoms with Crippen LogP contribution >= 0.6 is 23.8 Å². The highest BCUT2D eigenvalue weighted by molar-refractivity contribution is 7.92. The number of hydrogen-bond donors (Lipinski definition) is 3. The van der Waals surface area contributed by atoms with Crippen molar-refractivity contribution in [2.24, 2.45) is 0 Å². The number of halogens is 1. The second kappa shape index (κ2) is 8.14. The molecule has 0 amide bonds. The fourth-order valence-electron chi connectivity index (χ4n) is 1.79. The average molecular weight is 382 g/mol. The third kappa shape index (κ3) is 5.23. The van der Waals surface area contributed by atoms with Gasteiger partial charge in [0.2, 0.25) is 0 Å². The maximum Gasteiger partial charge on any atom is 0.261 e. The lowest BCUT2D eigenvalue weighted by Gasteiger charge is -2.11. The van der Waals surface area contributed by atoms with E-state index < -0.39 is 10.0 Å². The van der Waals surface area contributed by atoms with Gasteiger partial charge in [-0.15, -0.1) is 6.58 Å². The highest BCUT2D eigenvalue weighted by atomic mass is 35.5. The molecule has 0 aliphatic heterocycles. The van der Waals surface area contributed by atoms with Crippen molar-refractivity contribution in [3.05, 3.63) is 66.2 Å². The molecule has 3 N–H and O–H groups in total. The monoisotopic (exact) mass is 381 g/mol. The highest BCUT2D eigenvalue weighted by Crippen LogP contribution is 2.19. The summed E-state index contributed by atoms with van der Waals surface area (Å²) in [6.07, 6.45) is 1.69. The minimum absolute atomic E-state index is 0.146. The Kier molecular flexibility index (Phi) is 6.19. The Hall–Kier alpha value is -2.09. The molecule has 2 aromatic rings. The molecule has 5 nitrogen and oxygen atoms in total. The van der Waals surface area contributed by atoms with Crippen LogP contribution in [0.2, 0.25) is 5.02 Å². The van der Waals surface area contributed by atoms with E-state index in [9.17, 15) is 8.42 Å². The molecular weight excluding hydrogens is 366 g/mol. The molecule has 0 atom stereocenters. The van der Waals surface area contributed by atoms with Gasteiger partial charge in [-0.05, 0) is 60.7 Å². The van der Waals surface area contributed by atoms with Crippen LogP contribution in [0.4, 0.5) is 11.4 Å². The lowest BCUT2D eigenvalue weighted by molar-refractivity contribution is 0.601. The number of rotatable bonds is 6. The molecule has 126 valence electrons. The van der Waals surface area contributed by atoms with Gasteiger partial charge in [0.05, 0.1) is 4.90 Å². The van der Waals surface area contributed by atoms with Gasteiger partial charge in [0, 0.05) is 22.9 Å². The zero-order chi connectivity index (χ0) is 17.6. The van der Waals surface area contributed by atoms with Crippen LogP contribution < -0.4 is 15.4 Å². The first-order chi connectivity index (χ1) is 11.4. The first-order valence-electron chi connectivity index (χ1n) is 6.95. The maximum atomic E-state index is 12.3. The minimum atomic E-state index is -3.67. The largest absolute Gasteiger partial charge is 0.359 e. The predicted molar refractivity (Wildman–Crippen MR) is 103 cm³/mol. The number of anilines is 2. The lowest BCUT2D eigenvalue weighted by atomic mass is 10.3. The van der Waals surface area contributed by atoms with E-state index >= 15 is 0 Å². The van der Waals surface area contributed by atoms with Gasteiger partial charge in [-0.25, -0.2) is 8.42 Å². The summed E-state index contributed by atoms with van der Waals surface area (Å²) in [6.45, 7) is 4.13. The van der Waals surface area contributed by atoms with E-state index in [1.165, 1.54) is 12.1 Å². The van der Waals surface area contributed by atoms with Gasteiger partial charge in [-0.1, -0.05) is 17.7 Å². The summed E-state index contributed by atoms with van der Waals surface area (Å²) < 4.78 is 27.2. The van der Waals surface area contributed by atoms with Crippen molar-refractivity contribution in [1.29, 1.82) is 0 Å². The normalized spacial score (nSPS) is 10.7. The Morgan fingerprint density at radius 2 is 1.67 bits per heavy atom. The standard InChI is InChI=1S/C16H16ClN3O2S2/c1-2-11-18-16(23)19-13-7-9-15(10-8-13)24(21,22)20-14-5-3-12(17)4-6-14/h2-10,20H,1,11H2,(H2,18,19,23). The van der Waals surface area contributed by atoms with E-state index in [1.807, 2.05) is 0 Å². The molecule has 0 aliphatic rings. The number of thiocarbonyl (C=S) groups is 1. The molecule has 24 heavy (non-hydrogen) atoms. The van der Waals surface area contributed by atoms with Gasteiger partial charge >= 0.3 is 0 Å². The van der Waals surface area contributed by atoms with Crippen LogP contribution in [-0.4, -0.2) is 20.1 Å². The Morgan fingerprint density at radius 1 is 1.08 bits per heavy atom. The van der Waals surface area contributed by atoms with Gasteiger partial charge in [0.1, 0.15) is 0 Å². The summed E-state index contributed by atoms with van der Waals surface area (Å²) in [7, 11) is -3.67. The molecular formula is C16H16ClN3O2S2. The Morgan fingerprint density at radius 3 is 2.25 bits per heavy atom. The lowest BCUT2D eigenvalue weighted by Crippen LogP contribution is -2.28. The van der Waals surface area contributed by atoms with E-state index in [0.29, 0.717) is 28.1 Å². The molecule has 0 unspecified atom stereocenters. The van der Waals surface area contributed by atoms with Crippen LogP contribution in [0.5, 0.6) is 0 Å².